The molecule has 1 aromatic carbocycles. The lowest BCUT2D eigenvalue weighted by Crippen LogP contribution is -2.33. The van der Waals surface area contributed by atoms with Crippen LogP contribution < -0.4 is 21.7 Å². The second-order valence-electron chi connectivity index (χ2n) is 6.81. The number of rotatable bonds is 10. The zero-order valence-electron chi connectivity index (χ0n) is 17.7. The van der Waals surface area contributed by atoms with Crippen LogP contribution in [0.5, 0.6) is 0 Å². The minimum Gasteiger partial charge on any atom is -0.368 e. The Bertz CT molecular complexity index is 1240. The van der Waals surface area contributed by atoms with Crippen molar-refractivity contribution in [3.05, 3.63) is 70.0 Å². The molecule has 0 bridgehead atoms. The molecule has 2 aromatic heterocycles. The van der Waals surface area contributed by atoms with Crippen molar-refractivity contribution in [2.24, 2.45) is 5.73 Å². The van der Waals surface area contributed by atoms with E-state index in [0.717, 1.165) is 6.20 Å². The highest BCUT2D eigenvalue weighted by molar-refractivity contribution is 6.01. The highest BCUT2D eigenvalue weighted by Crippen LogP contribution is 2.23. The smallest absolute Gasteiger partial charge is 0.287 e. The Morgan fingerprint density at radius 3 is 2.41 bits per heavy atom. The van der Waals surface area contributed by atoms with Gasteiger partial charge in [-0.15, -0.1) is 0 Å². The molecule has 0 saturated carbocycles. The van der Waals surface area contributed by atoms with Crippen molar-refractivity contribution in [3.63, 3.8) is 0 Å². The van der Waals surface area contributed by atoms with Gasteiger partial charge in [0.25, 0.3) is 11.6 Å². The number of nitrogens with two attached hydrogens (primary N) is 1. The van der Waals surface area contributed by atoms with Crippen LogP contribution in [0.1, 0.15) is 15.9 Å². The summed E-state index contributed by atoms with van der Waals surface area (Å²) in [4.78, 5) is 46.2. The van der Waals surface area contributed by atoms with Crippen molar-refractivity contribution in [1.29, 1.82) is 5.26 Å². The second-order valence-corrected chi connectivity index (χ2v) is 6.81. The van der Waals surface area contributed by atoms with Crippen LogP contribution in [0.2, 0.25) is 0 Å². The summed E-state index contributed by atoms with van der Waals surface area (Å²) < 4.78 is 0. The van der Waals surface area contributed by atoms with Gasteiger partial charge in [-0.05, 0) is 18.2 Å². The number of hydrogen-bond acceptors (Lipinski definition) is 10. The normalized spacial score (nSPS) is 10.1. The standard InChI is InChI=1S/C21H19N9O4/c22-9-13-1-3-14(4-2-13)19-16(20(32)27-12-17(23)31)11-28-21(29-19)25-8-7-24-18-6-5-15(10-26-18)30(33)34/h1-6,10-11H,7-8,12H2,(H2,23,31)(H,24,26)(H,27,32)(H,25,28,29). The van der Waals surface area contributed by atoms with Gasteiger partial charge in [0, 0.05) is 30.9 Å². The minimum absolute atomic E-state index is 0.104. The molecule has 172 valence electrons. The third-order valence-electron chi connectivity index (χ3n) is 4.42. The van der Waals surface area contributed by atoms with Gasteiger partial charge in [-0.1, -0.05) is 12.1 Å². The number of hydrogen-bond donors (Lipinski definition) is 4. The van der Waals surface area contributed by atoms with E-state index in [1.807, 2.05) is 6.07 Å². The predicted molar refractivity (Wildman–Crippen MR) is 122 cm³/mol. The van der Waals surface area contributed by atoms with Gasteiger partial charge >= 0.3 is 0 Å². The van der Waals surface area contributed by atoms with Crippen LogP contribution >= 0.6 is 0 Å². The zero-order chi connectivity index (χ0) is 24.5. The van der Waals surface area contributed by atoms with Gasteiger partial charge in [-0.3, -0.25) is 19.7 Å². The third-order valence-corrected chi connectivity index (χ3v) is 4.42. The first-order valence-corrected chi connectivity index (χ1v) is 9.89. The van der Waals surface area contributed by atoms with Crippen molar-refractivity contribution in [2.75, 3.05) is 30.3 Å². The summed E-state index contributed by atoms with van der Waals surface area (Å²) in [5.41, 5.74) is 6.43. The van der Waals surface area contributed by atoms with Gasteiger partial charge in [0.05, 0.1) is 34.4 Å². The van der Waals surface area contributed by atoms with Crippen LogP contribution in [0, 0.1) is 21.4 Å². The van der Waals surface area contributed by atoms with Gasteiger partial charge in [0.15, 0.2) is 0 Å². The number of nitro groups is 1. The summed E-state index contributed by atoms with van der Waals surface area (Å²) in [6.45, 7) is 0.438. The molecule has 13 heteroatoms. The summed E-state index contributed by atoms with van der Waals surface area (Å²) in [5, 5.41) is 28.1. The third kappa shape index (κ3) is 6.20. The molecule has 0 unspecified atom stereocenters. The molecule has 3 aromatic rings. The summed E-state index contributed by atoms with van der Waals surface area (Å²) in [7, 11) is 0. The molecule has 0 spiro atoms. The molecule has 0 fully saturated rings. The maximum atomic E-state index is 12.5. The molecule has 0 atom stereocenters. The Balaban J connectivity index is 1.72. The van der Waals surface area contributed by atoms with Crippen LogP contribution in [-0.2, 0) is 4.79 Å². The Morgan fingerprint density at radius 1 is 1.06 bits per heavy atom. The van der Waals surface area contributed by atoms with Crippen molar-refractivity contribution >= 4 is 29.3 Å². The first-order valence-electron chi connectivity index (χ1n) is 9.89. The number of carbonyl (C=O) groups is 2. The number of benzene rings is 1. The van der Waals surface area contributed by atoms with E-state index < -0.39 is 16.7 Å². The van der Waals surface area contributed by atoms with Crippen molar-refractivity contribution in [2.45, 2.75) is 0 Å². The predicted octanol–water partition coefficient (Wildman–Crippen LogP) is 1.06. The monoisotopic (exact) mass is 461 g/mol. The Kier molecular flexibility index (Phi) is 7.59. The molecule has 5 N–H and O–H groups in total. The largest absolute Gasteiger partial charge is 0.368 e. The van der Waals surface area contributed by atoms with Crippen LogP contribution in [0.3, 0.4) is 0 Å². The summed E-state index contributed by atoms with van der Waals surface area (Å²) in [5.74, 6) is -0.560. The van der Waals surface area contributed by atoms with E-state index in [9.17, 15) is 19.7 Å². The first kappa shape index (κ1) is 23.5. The second kappa shape index (κ2) is 11.0. The summed E-state index contributed by atoms with van der Waals surface area (Å²) in [6.07, 6.45) is 2.48. The highest BCUT2D eigenvalue weighted by atomic mass is 16.6. The van der Waals surface area contributed by atoms with E-state index in [1.165, 1.54) is 18.3 Å². The molecule has 2 amide bonds. The van der Waals surface area contributed by atoms with Crippen LogP contribution in [0.4, 0.5) is 17.5 Å². The number of primary amides is 1. The van der Waals surface area contributed by atoms with Gasteiger partial charge in [-0.25, -0.2) is 15.0 Å². The summed E-state index contributed by atoms with van der Waals surface area (Å²) >= 11 is 0. The SMILES string of the molecule is N#Cc1ccc(-c2nc(NCCNc3ccc([N+](=O)[O-])cn3)ncc2C(=O)NCC(N)=O)cc1. The van der Waals surface area contributed by atoms with Gasteiger partial charge < -0.3 is 21.7 Å². The van der Waals surface area contributed by atoms with Gasteiger partial charge in [-0.2, -0.15) is 5.26 Å². The van der Waals surface area contributed by atoms with E-state index in [2.05, 4.69) is 30.9 Å². The van der Waals surface area contributed by atoms with Crippen molar-refractivity contribution in [1.82, 2.24) is 20.3 Å². The fourth-order valence-corrected chi connectivity index (χ4v) is 2.78. The number of aromatic nitrogens is 3. The van der Waals surface area contributed by atoms with E-state index >= 15 is 0 Å². The molecule has 34 heavy (non-hydrogen) atoms. The average Bonchev–Trinajstić information content (AvgIpc) is 2.85. The molecule has 13 nitrogen and oxygen atoms in total. The molecular formula is C21H19N9O4. The maximum Gasteiger partial charge on any atom is 0.287 e. The molecule has 0 aliphatic heterocycles. The number of amides is 2. The maximum absolute atomic E-state index is 12.5. The number of nitriles is 1. The van der Waals surface area contributed by atoms with Crippen molar-refractivity contribution in [3.8, 4) is 17.3 Å². The molecule has 3 rings (SSSR count). The molecular weight excluding hydrogens is 442 g/mol. The Labute approximate surface area is 193 Å². The van der Waals surface area contributed by atoms with Gasteiger partial charge in [0.2, 0.25) is 11.9 Å². The molecule has 0 radical (unpaired) electrons. The van der Waals surface area contributed by atoms with Crippen molar-refractivity contribution < 1.29 is 14.5 Å². The quantitative estimate of drug-likeness (QED) is 0.192. The number of anilines is 2. The fourth-order valence-electron chi connectivity index (χ4n) is 2.78. The highest BCUT2D eigenvalue weighted by Gasteiger charge is 2.17. The van der Waals surface area contributed by atoms with E-state index in [-0.39, 0.29) is 23.7 Å². The molecule has 0 saturated heterocycles. The van der Waals surface area contributed by atoms with Crippen LogP contribution in [0.15, 0.2) is 48.8 Å². The number of pyridine rings is 1. The molecule has 0 aliphatic rings. The molecule has 2 heterocycles. The molecule has 0 aliphatic carbocycles. The number of nitrogens with one attached hydrogen (secondary N) is 3. The fraction of sp³-hybridized carbons (Fsp3) is 0.143. The lowest BCUT2D eigenvalue weighted by atomic mass is 10.0. The van der Waals surface area contributed by atoms with Crippen LogP contribution in [0.25, 0.3) is 11.3 Å². The lowest BCUT2D eigenvalue weighted by molar-refractivity contribution is -0.385. The van der Waals surface area contributed by atoms with Crippen LogP contribution in [-0.4, -0.2) is 51.3 Å². The minimum atomic E-state index is -0.692. The summed E-state index contributed by atoms with van der Waals surface area (Å²) in [6, 6.07) is 11.4. The average molecular weight is 461 g/mol. The number of nitrogens with zero attached hydrogens (tertiary/aromatic N) is 5. The Morgan fingerprint density at radius 2 is 1.79 bits per heavy atom. The zero-order valence-corrected chi connectivity index (χ0v) is 17.7. The van der Waals surface area contributed by atoms with Gasteiger partial charge in [0.1, 0.15) is 12.0 Å². The van der Waals surface area contributed by atoms with E-state index in [0.29, 0.717) is 35.7 Å². The first-order chi connectivity index (χ1) is 16.4. The van der Waals surface area contributed by atoms with E-state index in [4.69, 9.17) is 11.0 Å². The Hall–Kier alpha value is -5.12. The lowest BCUT2D eigenvalue weighted by Gasteiger charge is -2.12. The van der Waals surface area contributed by atoms with E-state index in [1.54, 1.807) is 24.3 Å². The topological polar surface area (TPSA) is 202 Å². The number of carbonyl (C=O) groups excluding carboxylic acids is 2.